The quantitative estimate of drug-likeness (QED) is 0.564. The van der Waals surface area contributed by atoms with E-state index in [4.69, 9.17) is 5.26 Å². The summed E-state index contributed by atoms with van der Waals surface area (Å²) in [5.41, 5.74) is 4.36. The molecule has 132 valence electrons. The van der Waals surface area contributed by atoms with Crippen LogP contribution in [0.1, 0.15) is 11.1 Å². The highest BCUT2D eigenvalue weighted by molar-refractivity contribution is 5.72. The van der Waals surface area contributed by atoms with Gasteiger partial charge < -0.3 is 10.4 Å². The van der Waals surface area contributed by atoms with Crippen molar-refractivity contribution in [2.75, 3.05) is 5.32 Å². The van der Waals surface area contributed by atoms with Gasteiger partial charge in [-0.1, -0.05) is 29.5 Å². The highest BCUT2D eigenvalue weighted by atomic mass is 16.3. The number of fused-ring (bicyclic) bond motifs is 1. The van der Waals surface area contributed by atoms with Gasteiger partial charge in [-0.3, -0.25) is 0 Å². The van der Waals surface area contributed by atoms with Gasteiger partial charge in [0.2, 0.25) is 5.95 Å². The molecule has 27 heavy (non-hydrogen) atoms. The molecular weight excluding hydrogens is 342 g/mol. The van der Waals surface area contributed by atoms with E-state index in [9.17, 15) is 5.11 Å². The molecule has 0 bridgehead atoms. The van der Waals surface area contributed by atoms with Gasteiger partial charge in [-0.2, -0.15) is 14.9 Å². The molecule has 2 aromatic heterocycles. The number of rotatable bonds is 5. The summed E-state index contributed by atoms with van der Waals surface area (Å²) in [6.45, 7) is -0.0366. The minimum Gasteiger partial charge on any atom is -0.392 e. The molecule has 0 spiro atoms. The van der Waals surface area contributed by atoms with Gasteiger partial charge in [0.15, 0.2) is 11.2 Å². The fourth-order valence-corrected chi connectivity index (χ4v) is 2.73. The van der Waals surface area contributed by atoms with E-state index in [0.29, 0.717) is 23.5 Å². The van der Waals surface area contributed by atoms with Crippen molar-refractivity contribution in [3.05, 3.63) is 65.9 Å². The molecule has 0 saturated carbocycles. The van der Waals surface area contributed by atoms with Crippen molar-refractivity contribution in [1.82, 2.24) is 25.0 Å². The first-order valence-electron chi connectivity index (χ1n) is 8.28. The number of anilines is 2. The van der Waals surface area contributed by atoms with Crippen LogP contribution in [0, 0.1) is 11.3 Å². The molecule has 0 aliphatic heterocycles. The van der Waals surface area contributed by atoms with E-state index < -0.39 is 0 Å². The summed E-state index contributed by atoms with van der Waals surface area (Å²) in [6, 6.07) is 17.1. The summed E-state index contributed by atoms with van der Waals surface area (Å²) < 4.78 is 1.62. The molecule has 0 aliphatic rings. The lowest BCUT2D eigenvalue weighted by Crippen LogP contribution is -2.02. The van der Waals surface area contributed by atoms with Gasteiger partial charge in [0.05, 0.1) is 31.0 Å². The molecule has 0 fully saturated rings. The first-order valence-corrected chi connectivity index (χ1v) is 8.28. The van der Waals surface area contributed by atoms with Crippen LogP contribution in [0.25, 0.3) is 16.9 Å². The molecule has 8 heteroatoms. The fraction of sp³-hybridized carbons (Fsp3) is 0.105. The lowest BCUT2D eigenvalue weighted by Gasteiger charge is -2.07. The van der Waals surface area contributed by atoms with Gasteiger partial charge in [0, 0.05) is 5.69 Å². The lowest BCUT2D eigenvalue weighted by atomic mass is 10.1. The zero-order valence-corrected chi connectivity index (χ0v) is 14.2. The fourth-order valence-electron chi connectivity index (χ4n) is 2.73. The third kappa shape index (κ3) is 3.44. The predicted octanol–water partition coefficient (Wildman–Crippen LogP) is 2.51. The van der Waals surface area contributed by atoms with Crippen LogP contribution in [0.15, 0.2) is 54.7 Å². The van der Waals surface area contributed by atoms with Crippen molar-refractivity contribution in [1.29, 1.82) is 5.26 Å². The maximum Gasteiger partial charge on any atom is 0.229 e. The minimum atomic E-state index is -0.0366. The van der Waals surface area contributed by atoms with Crippen molar-refractivity contribution in [3.8, 4) is 11.8 Å². The Bertz CT molecular complexity index is 1150. The molecule has 8 nitrogen and oxygen atoms in total. The Morgan fingerprint density at radius 2 is 1.96 bits per heavy atom. The number of benzene rings is 2. The zero-order chi connectivity index (χ0) is 18.6. The van der Waals surface area contributed by atoms with Crippen LogP contribution < -0.4 is 5.32 Å². The smallest absolute Gasteiger partial charge is 0.229 e. The summed E-state index contributed by atoms with van der Waals surface area (Å²) in [7, 11) is 0. The largest absolute Gasteiger partial charge is 0.392 e. The maximum atomic E-state index is 9.27. The van der Waals surface area contributed by atoms with Crippen molar-refractivity contribution >= 4 is 22.8 Å². The Hall–Kier alpha value is -3.83. The lowest BCUT2D eigenvalue weighted by molar-refractivity contribution is 0.282. The van der Waals surface area contributed by atoms with Crippen molar-refractivity contribution in [2.45, 2.75) is 13.0 Å². The van der Waals surface area contributed by atoms with Gasteiger partial charge in [0.25, 0.3) is 0 Å². The average molecular weight is 357 g/mol. The van der Waals surface area contributed by atoms with Crippen LogP contribution in [0.4, 0.5) is 11.6 Å². The molecule has 4 aromatic rings. The van der Waals surface area contributed by atoms with E-state index in [2.05, 4.69) is 31.7 Å². The summed E-state index contributed by atoms with van der Waals surface area (Å²) in [5.74, 6) is 0.398. The third-order valence-electron chi connectivity index (χ3n) is 4.00. The van der Waals surface area contributed by atoms with E-state index in [1.54, 1.807) is 10.9 Å². The Morgan fingerprint density at radius 3 is 2.81 bits per heavy atom. The monoisotopic (exact) mass is 357 g/mol. The second kappa shape index (κ2) is 7.19. The summed E-state index contributed by atoms with van der Waals surface area (Å²) in [4.78, 5) is 8.79. The van der Waals surface area contributed by atoms with E-state index in [1.807, 2.05) is 48.5 Å². The van der Waals surface area contributed by atoms with Gasteiger partial charge in [0.1, 0.15) is 0 Å². The number of hydrogen-bond donors (Lipinski definition) is 2. The Labute approximate surface area is 154 Å². The molecule has 0 amide bonds. The van der Waals surface area contributed by atoms with Gasteiger partial charge in [-0.15, -0.1) is 5.10 Å². The molecule has 0 saturated heterocycles. The van der Waals surface area contributed by atoms with Crippen LogP contribution in [0.5, 0.6) is 0 Å². The summed E-state index contributed by atoms with van der Waals surface area (Å²) in [6.07, 6.45) is 1.92. The summed E-state index contributed by atoms with van der Waals surface area (Å²) in [5, 5.41) is 29.6. The number of aliphatic hydroxyl groups is 1. The molecule has 2 aromatic carbocycles. The predicted molar refractivity (Wildman–Crippen MR) is 99.4 cm³/mol. The second-order valence-corrected chi connectivity index (χ2v) is 5.89. The van der Waals surface area contributed by atoms with Crippen molar-refractivity contribution < 1.29 is 5.11 Å². The SMILES string of the molecule is N#CCc1cccc(-n2nnc3cnc(Nc4cccc(CO)c4)nc32)c1. The number of nitrogens with zero attached hydrogens (tertiary/aromatic N) is 6. The van der Waals surface area contributed by atoms with E-state index in [0.717, 1.165) is 22.5 Å². The first kappa shape index (κ1) is 16.6. The number of aromatic nitrogens is 5. The highest BCUT2D eigenvalue weighted by Crippen LogP contribution is 2.19. The molecule has 0 unspecified atom stereocenters. The molecule has 0 aliphatic carbocycles. The molecular formula is C19H15N7O. The molecule has 0 radical (unpaired) electrons. The number of nitriles is 1. The van der Waals surface area contributed by atoms with Crippen LogP contribution in [0.3, 0.4) is 0 Å². The van der Waals surface area contributed by atoms with Gasteiger partial charge in [-0.05, 0) is 35.4 Å². The molecule has 4 rings (SSSR count). The second-order valence-electron chi connectivity index (χ2n) is 5.89. The zero-order valence-electron chi connectivity index (χ0n) is 14.2. The number of aliphatic hydroxyl groups excluding tert-OH is 1. The topological polar surface area (TPSA) is 113 Å². The van der Waals surface area contributed by atoms with Crippen LogP contribution >= 0.6 is 0 Å². The first-order chi connectivity index (χ1) is 13.3. The highest BCUT2D eigenvalue weighted by Gasteiger charge is 2.11. The Balaban J connectivity index is 1.71. The molecule has 0 atom stereocenters. The van der Waals surface area contributed by atoms with Crippen molar-refractivity contribution in [3.63, 3.8) is 0 Å². The average Bonchev–Trinajstić information content (AvgIpc) is 3.12. The number of nitrogens with one attached hydrogen (secondary N) is 1. The molecule has 2 heterocycles. The van der Waals surface area contributed by atoms with Gasteiger partial charge in [-0.25, -0.2) is 4.98 Å². The normalized spacial score (nSPS) is 10.7. The summed E-state index contributed by atoms with van der Waals surface area (Å²) >= 11 is 0. The Morgan fingerprint density at radius 1 is 1.11 bits per heavy atom. The Kier molecular flexibility index (Phi) is 4.43. The van der Waals surface area contributed by atoms with E-state index in [-0.39, 0.29) is 6.61 Å². The van der Waals surface area contributed by atoms with Crippen molar-refractivity contribution in [2.24, 2.45) is 0 Å². The van der Waals surface area contributed by atoms with Crippen LogP contribution in [0.2, 0.25) is 0 Å². The maximum absolute atomic E-state index is 9.27. The standard InChI is InChI=1S/C19H15N7O/c20-8-7-13-3-2-6-16(10-13)26-18-17(24-25-26)11-21-19(23-18)22-15-5-1-4-14(9-15)12-27/h1-6,9-11,27H,7,12H2,(H,21,22,23). The third-order valence-corrected chi connectivity index (χ3v) is 4.00. The van der Waals surface area contributed by atoms with E-state index >= 15 is 0 Å². The number of hydrogen-bond acceptors (Lipinski definition) is 7. The van der Waals surface area contributed by atoms with E-state index in [1.165, 1.54) is 0 Å². The van der Waals surface area contributed by atoms with Crippen LogP contribution in [-0.4, -0.2) is 30.1 Å². The van der Waals surface area contributed by atoms with Gasteiger partial charge >= 0.3 is 0 Å². The van der Waals surface area contributed by atoms with Crippen LogP contribution in [-0.2, 0) is 13.0 Å². The molecule has 2 N–H and O–H groups in total. The minimum absolute atomic E-state index is 0.0366.